The van der Waals surface area contributed by atoms with E-state index >= 15 is 0 Å². The van der Waals surface area contributed by atoms with Gasteiger partial charge in [0.1, 0.15) is 30.0 Å². The van der Waals surface area contributed by atoms with Crippen LogP contribution in [0.1, 0.15) is 15.9 Å². The highest BCUT2D eigenvalue weighted by Crippen LogP contribution is 2.20. The second-order valence-electron chi connectivity index (χ2n) is 5.50. The molecule has 2 rings (SSSR count). The van der Waals surface area contributed by atoms with Crippen LogP contribution in [0.3, 0.4) is 0 Å². The standard InChI is InChI=1S/C16H18O8/c1-7-4-12(19)24-11-5-8(2-3-9(7)11)13(20)15(22)16(23)14(21)10(18)6-17/h2-5,10,14-18,21-23H,6H2,1H3/t10-,14-,15+,16+/m1/s1. The molecule has 0 aliphatic carbocycles. The number of carbonyl (C=O) groups is 1. The molecule has 0 radical (unpaired) electrons. The minimum Gasteiger partial charge on any atom is -0.423 e. The molecule has 0 fully saturated rings. The summed E-state index contributed by atoms with van der Waals surface area (Å²) >= 11 is 0. The van der Waals surface area contributed by atoms with Crippen LogP contribution in [0.4, 0.5) is 0 Å². The van der Waals surface area contributed by atoms with E-state index in [1.165, 1.54) is 24.3 Å². The Morgan fingerprint density at radius 3 is 2.42 bits per heavy atom. The number of hydrogen-bond donors (Lipinski definition) is 5. The number of carbonyl (C=O) groups excluding carboxylic acids is 1. The molecule has 24 heavy (non-hydrogen) atoms. The Morgan fingerprint density at radius 1 is 1.12 bits per heavy atom. The molecule has 0 saturated carbocycles. The Bertz CT molecular complexity index is 796. The molecule has 0 unspecified atom stereocenters. The second kappa shape index (κ2) is 7.20. The third kappa shape index (κ3) is 3.53. The monoisotopic (exact) mass is 338 g/mol. The first-order valence-corrected chi connectivity index (χ1v) is 7.18. The van der Waals surface area contributed by atoms with Crippen LogP contribution in [0.2, 0.25) is 0 Å². The van der Waals surface area contributed by atoms with E-state index < -0.39 is 42.4 Å². The summed E-state index contributed by atoms with van der Waals surface area (Å²) in [6, 6.07) is 5.45. The van der Waals surface area contributed by atoms with Crippen molar-refractivity contribution >= 4 is 16.8 Å². The highest BCUT2D eigenvalue weighted by Gasteiger charge is 2.34. The first-order valence-electron chi connectivity index (χ1n) is 7.18. The normalized spacial score (nSPS) is 16.6. The number of Topliss-reactive ketones (excluding diaryl/α,β-unsaturated/α-hetero) is 1. The van der Waals surface area contributed by atoms with Crippen molar-refractivity contribution in [3.05, 3.63) is 45.8 Å². The minimum absolute atomic E-state index is 0.0477. The number of aryl methyl sites for hydroxylation is 1. The van der Waals surface area contributed by atoms with Crippen LogP contribution in [0.5, 0.6) is 0 Å². The fourth-order valence-electron chi connectivity index (χ4n) is 2.33. The number of benzene rings is 1. The van der Waals surface area contributed by atoms with Crippen LogP contribution >= 0.6 is 0 Å². The Balaban J connectivity index is 2.32. The Hall–Kier alpha value is -2.10. The summed E-state index contributed by atoms with van der Waals surface area (Å²) in [5, 5.41) is 47.8. The van der Waals surface area contributed by atoms with Crippen molar-refractivity contribution in [2.24, 2.45) is 0 Å². The summed E-state index contributed by atoms with van der Waals surface area (Å²) in [4.78, 5) is 23.6. The summed E-state index contributed by atoms with van der Waals surface area (Å²) in [6.07, 6.45) is -7.65. The average Bonchev–Trinajstić information content (AvgIpc) is 2.57. The fourth-order valence-corrected chi connectivity index (χ4v) is 2.33. The van der Waals surface area contributed by atoms with E-state index in [-0.39, 0.29) is 11.1 Å². The maximum absolute atomic E-state index is 12.2. The zero-order valence-corrected chi connectivity index (χ0v) is 12.8. The van der Waals surface area contributed by atoms with Gasteiger partial charge in [0, 0.05) is 17.0 Å². The quantitative estimate of drug-likeness (QED) is 0.323. The van der Waals surface area contributed by atoms with Crippen molar-refractivity contribution in [1.29, 1.82) is 0 Å². The molecular formula is C16H18O8. The fraction of sp³-hybridized carbons (Fsp3) is 0.375. The van der Waals surface area contributed by atoms with E-state index in [0.717, 1.165) is 0 Å². The molecule has 130 valence electrons. The van der Waals surface area contributed by atoms with Gasteiger partial charge in [-0.2, -0.15) is 0 Å². The summed E-state index contributed by atoms with van der Waals surface area (Å²) in [5.74, 6) is -0.933. The van der Waals surface area contributed by atoms with Crippen molar-refractivity contribution in [2.45, 2.75) is 31.3 Å². The van der Waals surface area contributed by atoms with Crippen LogP contribution in [-0.4, -0.2) is 62.3 Å². The molecule has 1 aromatic heterocycles. The van der Waals surface area contributed by atoms with Crippen LogP contribution in [0.15, 0.2) is 33.5 Å². The predicted molar refractivity (Wildman–Crippen MR) is 82.7 cm³/mol. The summed E-state index contributed by atoms with van der Waals surface area (Å²) < 4.78 is 5.00. The predicted octanol–water partition coefficient (Wildman–Crippen LogP) is -1.28. The zero-order valence-electron chi connectivity index (χ0n) is 12.8. The molecule has 1 aromatic carbocycles. The van der Waals surface area contributed by atoms with Gasteiger partial charge >= 0.3 is 5.63 Å². The lowest BCUT2D eigenvalue weighted by Crippen LogP contribution is -2.48. The van der Waals surface area contributed by atoms with Crippen LogP contribution in [0, 0.1) is 6.92 Å². The number of fused-ring (bicyclic) bond motifs is 1. The van der Waals surface area contributed by atoms with Crippen molar-refractivity contribution < 1.29 is 34.7 Å². The van der Waals surface area contributed by atoms with E-state index in [9.17, 15) is 30.0 Å². The van der Waals surface area contributed by atoms with Crippen molar-refractivity contribution in [3.63, 3.8) is 0 Å². The van der Waals surface area contributed by atoms with Gasteiger partial charge in [-0.3, -0.25) is 4.79 Å². The van der Waals surface area contributed by atoms with E-state index in [1.54, 1.807) is 6.92 Å². The zero-order chi connectivity index (χ0) is 18.0. The van der Waals surface area contributed by atoms with Gasteiger partial charge in [0.15, 0.2) is 5.78 Å². The Kier molecular flexibility index (Phi) is 5.47. The highest BCUT2D eigenvalue weighted by molar-refractivity contribution is 6.02. The highest BCUT2D eigenvalue weighted by atomic mass is 16.4. The molecule has 0 amide bonds. The number of ketones is 1. The molecule has 0 aliphatic heterocycles. The minimum atomic E-state index is -2.03. The lowest BCUT2D eigenvalue weighted by molar-refractivity contribution is -0.105. The maximum Gasteiger partial charge on any atom is 0.336 e. The summed E-state index contributed by atoms with van der Waals surface area (Å²) in [5.41, 5.74) is 0.158. The SMILES string of the molecule is Cc1cc(=O)oc2cc(C(=O)[C@H](O)[C@@H](O)[C@H](O)[C@H](O)CO)ccc12. The molecule has 5 N–H and O–H groups in total. The summed E-state index contributed by atoms with van der Waals surface area (Å²) in [6.45, 7) is 0.853. The van der Waals surface area contributed by atoms with Crippen molar-refractivity contribution in [2.75, 3.05) is 6.61 Å². The lowest BCUT2D eigenvalue weighted by atomic mass is 9.96. The second-order valence-corrected chi connectivity index (χ2v) is 5.50. The first kappa shape index (κ1) is 18.2. The number of aliphatic hydroxyl groups is 5. The molecule has 2 aromatic rings. The molecular weight excluding hydrogens is 320 g/mol. The topological polar surface area (TPSA) is 148 Å². The molecule has 1 heterocycles. The lowest BCUT2D eigenvalue weighted by Gasteiger charge is -2.24. The number of hydrogen-bond acceptors (Lipinski definition) is 8. The van der Waals surface area contributed by atoms with E-state index in [2.05, 4.69) is 0 Å². The molecule has 0 bridgehead atoms. The smallest absolute Gasteiger partial charge is 0.336 e. The largest absolute Gasteiger partial charge is 0.423 e. The van der Waals surface area contributed by atoms with Crippen LogP contribution in [-0.2, 0) is 0 Å². The van der Waals surface area contributed by atoms with Crippen molar-refractivity contribution in [1.82, 2.24) is 0 Å². The van der Waals surface area contributed by atoms with Gasteiger partial charge < -0.3 is 29.9 Å². The third-order valence-corrected chi connectivity index (χ3v) is 3.76. The van der Waals surface area contributed by atoms with E-state index in [4.69, 9.17) is 9.52 Å². The Morgan fingerprint density at radius 2 is 1.79 bits per heavy atom. The summed E-state index contributed by atoms with van der Waals surface area (Å²) in [7, 11) is 0. The molecule has 0 aliphatic rings. The van der Waals surface area contributed by atoms with Crippen LogP contribution < -0.4 is 5.63 Å². The van der Waals surface area contributed by atoms with E-state index in [0.29, 0.717) is 10.9 Å². The molecule has 0 saturated heterocycles. The Labute approximate surface area is 136 Å². The van der Waals surface area contributed by atoms with Crippen molar-refractivity contribution in [3.8, 4) is 0 Å². The van der Waals surface area contributed by atoms with Gasteiger partial charge in [-0.25, -0.2) is 4.79 Å². The molecule has 4 atom stereocenters. The number of rotatable bonds is 6. The average molecular weight is 338 g/mol. The first-order chi connectivity index (χ1) is 11.3. The third-order valence-electron chi connectivity index (χ3n) is 3.76. The van der Waals surface area contributed by atoms with Gasteiger partial charge in [0.2, 0.25) is 0 Å². The van der Waals surface area contributed by atoms with Gasteiger partial charge in [-0.1, -0.05) is 12.1 Å². The van der Waals surface area contributed by atoms with Gasteiger partial charge in [0.05, 0.1) is 6.61 Å². The van der Waals surface area contributed by atoms with E-state index in [1.807, 2.05) is 0 Å². The maximum atomic E-state index is 12.2. The molecule has 8 heteroatoms. The molecule has 0 spiro atoms. The van der Waals surface area contributed by atoms with Gasteiger partial charge in [-0.15, -0.1) is 0 Å². The molecule has 8 nitrogen and oxygen atoms in total. The van der Waals surface area contributed by atoms with Gasteiger partial charge in [0.25, 0.3) is 0 Å². The van der Waals surface area contributed by atoms with Gasteiger partial charge in [-0.05, 0) is 18.6 Å². The number of aliphatic hydroxyl groups excluding tert-OH is 5. The van der Waals surface area contributed by atoms with Crippen LogP contribution in [0.25, 0.3) is 11.0 Å².